The molecule has 0 amide bonds. The zero-order valence-electron chi connectivity index (χ0n) is 16.3. The van der Waals surface area contributed by atoms with Crippen molar-refractivity contribution in [2.45, 2.75) is 24.8 Å². The van der Waals surface area contributed by atoms with Crippen LogP contribution in [-0.2, 0) is 18.4 Å². The Hall–Kier alpha value is -2.73. The molecule has 2 aromatic carbocycles. The summed E-state index contributed by atoms with van der Waals surface area (Å²) in [6.45, 7) is 1.05. The normalized spacial score (nSPS) is 22.8. The van der Waals surface area contributed by atoms with Crippen LogP contribution in [0.25, 0.3) is 0 Å². The molecular formula is C22H23NO5. The van der Waals surface area contributed by atoms with Gasteiger partial charge in [0, 0.05) is 17.7 Å². The second kappa shape index (κ2) is 6.14. The second-order valence-corrected chi connectivity index (χ2v) is 7.55. The third kappa shape index (κ3) is 2.15. The summed E-state index contributed by atoms with van der Waals surface area (Å²) in [4.78, 5) is 16.1. The van der Waals surface area contributed by atoms with Gasteiger partial charge in [0.1, 0.15) is 5.54 Å². The van der Waals surface area contributed by atoms with Crippen molar-refractivity contribution in [1.29, 1.82) is 0 Å². The molecule has 1 atom stereocenters. The van der Waals surface area contributed by atoms with Crippen LogP contribution < -0.4 is 18.9 Å². The number of likely N-dealkylation sites (N-methyl/N-ethyl adjacent to an activating group) is 1. The van der Waals surface area contributed by atoms with Gasteiger partial charge in [-0.05, 0) is 61.7 Å². The Morgan fingerprint density at radius 3 is 2.61 bits per heavy atom. The van der Waals surface area contributed by atoms with Crippen molar-refractivity contribution in [1.82, 2.24) is 4.90 Å². The van der Waals surface area contributed by atoms with Crippen molar-refractivity contribution in [3.63, 3.8) is 0 Å². The second-order valence-electron chi connectivity index (χ2n) is 7.55. The summed E-state index contributed by atoms with van der Waals surface area (Å²) in [5.74, 6) is 2.92. The maximum atomic E-state index is 13.9. The zero-order chi connectivity index (χ0) is 19.5. The third-order valence-corrected chi connectivity index (χ3v) is 6.42. The molecule has 5 rings (SSSR count). The number of methoxy groups -OCH3 is 2. The minimum atomic E-state index is -0.693. The first-order valence-corrected chi connectivity index (χ1v) is 9.53. The molecule has 28 heavy (non-hydrogen) atoms. The van der Waals surface area contributed by atoms with Crippen LogP contribution in [0.3, 0.4) is 0 Å². The summed E-state index contributed by atoms with van der Waals surface area (Å²) < 4.78 is 22.2. The van der Waals surface area contributed by atoms with Gasteiger partial charge in [-0.25, -0.2) is 0 Å². The fourth-order valence-corrected chi connectivity index (χ4v) is 4.98. The van der Waals surface area contributed by atoms with Crippen LogP contribution >= 0.6 is 0 Å². The summed E-state index contributed by atoms with van der Waals surface area (Å²) in [6, 6.07) is 7.74. The van der Waals surface area contributed by atoms with Gasteiger partial charge in [-0.2, -0.15) is 0 Å². The van der Waals surface area contributed by atoms with E-state index < -0.39 is 5.54 Å². The number of Topliss-reactive ketones (excluding diaryl/α,β-unsaturated/α-hetero) is 1. The smallest absolute Gasteiger partial charge is 0.231 e. The largest absolute Gasteiger partial charge is 0.493 e. The molecule has 146 valence electrons. The van der Waals surface area contributed by atoms with Crippen LogP contribution in [0.1, 0.15) is 33.5 Å². The van der Waals surface area contributed by atoms with Crippen LogP contribution in [0, 0.1) is 0 Å². The van der Waals surface area contributed by atoms with Crippen LogP contribution in [0.4, 0.5) is 0 Å². The van der Waals surface area contributed by atoms with Crippen molar-refractivity contribution >= 4 is 5.78 Å². The molecule has 0 aromatic heterocycles. The van der Waals surface area contributed by atoms with Crippen molar-refractivity contribution < 1.29 is 23.7 Å². The molecule has 0 N–H and O–H groups in total. The topological polar surface area (TPSA) is 57.2 Å². The molecule has 0 radical (unpaired) electrons. The molecule has 6 heteroatoms. The molecule has 6 nitrogen and oxygen atoms in total. The van der Waals surface area contributed by atoms with Gasteiger partial charge in [0.05, 0.1) is 14.2 Å². The lowest BCUT2D eigenvalue weighted by Gasteiger charge is -2.48. The van der Waals surface area contributed by atoms with Crippen molar-refractivity contribution in [2.75, 3.05) is 34.6 Å². The maximum absolute atomic E-state index is 13.9. The Balaban J connectivity index is 1.69. The van der Waals surface area contributed by atoms with E-state index in [4.69, 9.17) is 18.9 Å². The highest BCUT2D eigenvalue weighted by Crippen LogP contribution is 2.50. The van der Waals surface area contributed by atoms with Gasteiger partial charge in [0.15, 0.2) is 28.8 Å². The fourth-order valence-electron chi connectivity index (χ4n) is 4.98. The molecule has 3 aliphatic rings. The summed E-state index contributed by atoms with van der Waals surface area (Å²) in [5.41, 5.74) is 3.15. The van der Waals surface area contributed by atoms with E-state index in [0.717, 1.165) is 42.0 Å². The van der Waals surface area contributed by atoms with E-state index in [1.165, 1.54) is 5.56 Å². The molecular weight excluding hydrogens is 358 g/mol. The molecule has 1 unspecified atom stereocenters. The highest BCUT2D eigenvalue weighted by Gasteiger charge is 2.51. The predicted molar refractivity (Wildman–Crippen MR) is 103 cm³/mol. The number of carbonyl (C=O) groups is 1. The predicted octanol–water partition coefficient (Wildman–Crippen LogP) is 2.94. The lowest BCUT2D eigenvalue weighted by molar-refractivity contribution is 0.0514. The number of hydrogen-bond acceptors (Lipinski definition) is 6. The van der Waals surface area contributed by atoms with E-state index >= 15 is 0 Å². The molecule has 2 heterocycles. The molecule has 0 saturated carbocycles. The number of benzene rings is 2. The molecule has 2 aromatic rings. The standard InChI is InChI=1S/C22H23NO5/c1-23-9-7-13-10-18-19(28-12-27-18)11-16(13)22(23)8-6-14-15(21(22)24)4-5-17(25-2)20(14)26-3/h4-5,10-11H,6-9,12H2,1-3H3. The van der Waals surface area contributed by atoms with Gasteiger partial charge in [-0.15, -0.1) is 0 Å². The average Bonchev–Trinajstić information content (AvgIpc) is 3.18. The number of rotatable bonds is 2. The summed E-state index contributed by atoms with van der Waals surface area (Å²) in [5, 5.41) is 0. The van der Waals surface area contributed by atoms with Crippen LogP contribution in [0.2, 0.25) is 0 Å². The van der Waals surface area contributed by atoms with Gasteiger partial charge in [0.2, 0.25) is 6.79 Å². The Morgan fingerprint density at radius 2 is 1.86 bits per heavy atom. The molecule has 1 spiro atoms. The molecule has 1 aliphatic carbocycles. The van der Waals surface area contributed by atoms with Crippen LogP contribution in [0.5, 0.6) is 23.0 Å². The Kier molecular flexibility index (Phi) is 3.81. The lowest BCUT2D eigenvalue weighted by atomic mass is 9.68. The van der Waals surface area contributed by atoms with Crippen LogP contribution in [0.15, 0.2) is 24.3 Å². The molecule has 0 bridgehead atoms. The SMILES string of the molecule is COc1ccc2c(c1OC)CCC1(C2=O)c2cc3c(cc2CCN1C)OCO3. The highest BCUT2D eigenvalue weighted by atomic mass is 16.7. The number of hydrogen-bond donors (Lipinski definition) is 0. The highest BCUT2D eigenvalue weighted by molar-refractivity contribution is 6.07. The number of carbonyl (C=O) groups excluding carboxylic acids is 1. The Morgan fingerprint density at radius 1 is 1.07 bits per heavy atom. The lowest BCUT2D eigenvalue weighted by Crippen LogP contribution is -2.55. The van der Waals surface area contributed by atoms with Gasteiger partial charge in [-0.1, -0.05) is 0 Å². The van der Waals surface area contributed by atoms with E-state index in [-0.39, 0.29) is 12.6 Å². The number of ketones is 1. The number of nitrogens with zero attached hydrogens (tertiary/aromatic N) is 1. The molecule has 0 saturated heterocycles. The van der Waals surface area contributed by atoms with E-state index in [9.17, 15) is 4.79 Å². The molecule has 2 aliphatic heterocycles. The summed E-state index contributed by atoms with van der Waals surface area (Å²) in [6.07, 6.45) is 2.31. The summed E-state index contributed by atoms with van der Waals surface area (Å²) >= 11 is 0. The minimum Gasteiger partial charge on any atom is -0.493 e. The van der Waals surface area contributed by atoms with Crippen molar-refractivity contribution in [3.05, 3.63) is 46.5 Å². The van der Waals surface area contributed by atoms with Crippen LogP contribution in [-0.4, -0.2) is 45.3 Å². The van der Waals surface area contributed by atoms with Gasteiger partial charge < -0.3 is 18.9 Å². The van der Waals surface area contributed by atoms with Gasteiger partial charge >= 0.3 is 0 Å². The van der Waals surface area contributed by atoms with Crippen molar-refractivity contribution in [3.8, 4) is 23.0 Å². The zero-order valence-corrected chi connectivity index (χ0v) is 16.3. The van der Waals surface area contributed by atoms with Gasteiger partial charge in [-0.3, -0.25) is 9.69 Å². The number of fused-ring (bicyclic) bond motifs is 4. The quantitative estimate of drug-likeness (QED) is 0.797. The fraction of sp³-hybridized carbons (Fsp3) is 0.409. The van der Waals surface area contributed by atoms with E-state index in [2.05, 4.69) is 4.90 Å². The summed E-state index contributed by atoms with van der Waals surface area (Å²) in [7, 11) is 5.27. The monoisotopic (exact) mass is 381 g/mol. The van der Waals surface area contributed by atoms with Crippen molar-refractivity contribution in [2.24, 2.45) is 0 Å². The van der Waals surface area contributed by atoms with Gasteiger partial charge in [0.25, 0.3) is 0 Å². The maximum Gasteiger partial charge on any atom is 0.231 e. The first-order valence-electron chi connectivity index (χ1n) is 9.53. The van der Waals surface area contributed by atoms with E-state index in [1.807, 2.05) is 31.3 Å². The van der Waals surface area contributed by atoms with E-state index in [1.54, 1.807) is 14.2 Å². The first kappa shape index (κ1) is 17.4. The average molecular weight is 381 g/mol. The van der Waals surface area contributed by atoms with E-state index in [0.29, 0.717) is 23.5 Å². The third-order valence-electron chi connectivity index (χ3n) is 6.42. The Labute approximate surface area is 163 Å². The Bertz CT molecular complexity index is 985. The number of ether oxygens (including phenoxy) is 4. The minimum absolute atomic E-state index is 0.108. The molecule has 0 fully saturated rings. The first-order chi connectivity index (χ1) is 13.6.